The molecule has 3 aromatic heterocycles. The van der Waals surface area contributed by atoms with Crippen molar-refractivity contribution in [2.45, 2.75) is 32.4 Å². The van der Waals surface area contributed by atoms with Crippen molar-refractivity contribution in [3.8, 4) is 10.8 Å². The van der Waals surface area contributed by atoms with E-state index < -0.39 is 0 Å². The van der Waals surface area contributed by atoms with Gasteiger partial charge >= 0.3 is 0 Å². The quantitative estimate of drug-likeness (QED) is 0.744. The monoisotopic (exact) mass is 332 g/mol. The van der Waals surface area contributed by atoms with E-state index in [1.54, 1.807) is 22.7 Å². The van der Waals surface area contributed by atoms with Crippen molar-refractivity contribution in [3.63, 3.8) is 0 Å². The van der Waals surface area contributed by atoms with Gasteiger partial charge in [-0.1, -0.05) is 6.07 Å². The Kier molecular flexibility index (Phi) is 3.77. The third-order valence-electron chi connectivity index (χ3n) is 3.67. The molecule has 0 unspecified atom stereocenters. The second-order valence-corrected chi connectivity index (χ2v) is 7.70. The summed E-state index contributed by atoms with van der Waals surface area (Å²) in [6, 6.07) is 4.27. The summed E-state index contributed by atoms with van der Waals surface area (Å²) in [6.07, 6.45) is 4.47. The molecule has 0 aromatic carbocycles. The average Bonchev–Trinajstić information content (AvgIpc) is 2.96. The topological polar surface area (TPSA) is 63.8 Å². The van der Waals surface area contributed by atoms with Crippen molar-refractivity contribution in [3.05, 3.63) is 39.5 Å². The number of thiophene rings is 1. The van der Waals surface area contributed by atoms with Crippen LogP contribution >= 0.6 is 22.7 Å². The molecule has 0 bridgehead atoms. The van der Waals surface area contributed by atoms with E-state index in [-0.39, 0.29) is 0 Å². The van der Waals surface area contributed by atoms with E-state index in [9.17, 15) is 0 Å². The van der Waals surface area contributed by atoms with Crippen LogP contribution in [0.25, 0.3) is 10.8 Å². The van der Waals surface area contributed by atoms with Gasteiger partial charge < -0.3 is 4.42 Å². The second kappa shape index (κ2) is 5.91. The highest BCUT2D eigenvalue weighted by atomic mass is 32.1. The largest absolute Gasteiger partial charge is 0.419 e. The van der Waals surface area contributed by atoms with Crippen LogP contribution in [0.4, 0.5) is 0 Å². The number of hydrogen-bond donors (Lipinski definition) is 1. The lowest BCUT2D eigenvalue weighted by atomic mass is 10.2. The van der Waals surface area contributed by atoms with Gasteiger partial charge in [-0.2, -0.15) is 0 Å². The Morgan fingerprint density at radius 3 is 3.00 bits per heavy atom. The minimum Gasteiger partial charge on any atom is -0.419 e. The Labute approximate surface area is 136 Å². The molecule has 1 aliphatic carbocycles. The van der Waals surface area contributed by atoms with E-state index in [1.165, 1.54) is 17.7 Å². The van der Waals surface area contributed by atoms with Gasteiger partial charge in [0, 0.05) is 11.1 Å². The van der Waals surface area contributed by atoms with Crippen LogP contribution in [0.1, 0.15) is 34.7 Å². The SMILES string of the molecule is Cc1cnc([C@@H](NCc2nnc(-c3cccs3)o2)C2CC2)s1. The lowest BCUT2D eigenvalue weighted by Gasteiger charge is -2.14. The summed E-state index contributed by atoms with van der Waals surface area (Å²) in [5.41, 5.74) is 0. The predicted molar refractivity (Wildman–Crippen MR) is 86.8 cm³/mol. The summed E-state index contributed by atoms with van der Waals surface area (Å²) in [5, 5.41) is 15.0. The number of hydrogen-bond acceptors (Lipinski definition) is 7. The molecule has 0 amide bonds. The molecule has 4 rings (SSSR count). The number of aryl methyl sites for hydroxylation is 1. The van der Waals surface area contributed by atoms with Crippen molar-refractivity contribution in [1.29, 1.82) is 0 Å². The van der Waals surface area contributed by atoms with Crippen LogP contribution in [-0.4, -0.2) is 15.2 Å². The van der Waals surface area contributed by atoms with Gasteiger partial charge in [0.15, 0.2) is 0 Å². The number of aromatic nitrogens is 3. The fourth-order valence-corrected chi connectivity index (χ4v) is 4.01. The van der Waals surface area contributed by atoms with Gasteiger partial charge in [0.25, 0.3) is 5.89 Å². The van der Waals surface area contributed by atoms with Crippen LogP contribution in [0.3, 0.4) is 0 Å². The number of rotatable bonds is 6. The van der Waals surface area contributed by atoms with Gasteiger partial charge in [0.05, 0.1) is 17.5 Å². The van der Waals surface area contributed by atoms with Crippen LogP contribution in [0.2, 0.25) is 0 Å². The molecule has 5 nitrogen and oxygen atoms in total. The second-order valence-electron chi connectivity index (χ2n) is 5.48. The maximum Gasteiger partial charge on any atom is 0.257 e. The molecule has 1 N–H and O–H groups in total. The smallest absolute Gasteiger partial charge is 0.257 e. The first kappa shape index (κ1) is 14.0. The molecule has 0 spiro atoms. The van der Waals surface area contributed by atoms with Gasteiger partial charge in [-0.15, -0.1) is 32.9 Å². The predicted octanol–water partition coefficient (Wildman–Crippen LogP) is 3.80. The minimum atomic E-state index is 0.302. The van der Waals surface area contributed by atoms with Crippen molar-refractivity contribution >= 4 is 22.7 Å². The zero-order chi connectivity index (χ0) is 14.9. The zero-order valence-electron chi connectivity index (χ0n) is 12.2. The standard InChI is InChI=1S/C15H16N4OS2/c1-9-7-17-15(22-9)13(10-4-5-10)16-8-12-18-19-14(20-12)11-3-2-6-21-11/h2-3,6-7,10,13,16H,4-5,8H2,1H3/t13-/m0/s1. The summed E-state index contributed by atoms with van der Waals surface area (Å²) in [5.74, 6) is 1.91. The molecule has 22 heavy (non-hydrogen) atoms. The Morgan fingerprint density at radius 1 is 1.41 bits per heavy atom. The Hall–Kier alpha value is -1.57. The van der Waals surface area contributed by atoms with E-state index in [4.69, 9.17) is 4.42 Å². The van der Waals surface area contributed by atoms with Crippen molar-refractivity contribution < 1.29 is 4.42 Å². The molecule has 1 saturated carbocycles. The molecule has 0 aliphatic heterocycles. The highest BCUT2D eigenvalue weighted by Crippen LogP contribution is 2.42. The summed E-state index contributed by atoms with van der Waals surface area (Å²) < 4.78 is 5.73. The van der Waals surface area contributed by atoms with Gasteiger partial charge in [-0.25, -0.2) is 4.98 Å². The first-order valence-electron chi connectivity index (χ1n) is 7.31. The zero-order valence-corrected chi connectivity index (χ0v) is 13.8. The minimum absolute atomic E-state index is 0.302. The third kappa shape index (κ3) is 2.97. The fraction of sp³-hybridized carbons (Fsp3) is 0.400. The third-order valence-corrected chi connectivity index (χ3v) is 5.52. The Morgan fingerprint density at radius 2 is 2.32 bits per heavy atom. The summed E-state index contributed by atoms with van der Waals surface area (Å²) in [7, 11) is 0. The summed E-state index contributed by atoms with van der Waals surface area (Å²) in [6.45, 7) is 2.68. The average molecular weight is 332 g/mol. The van der Waals surface area contributed by atoms with Crippen LogP contribution in [0, 0.1) is 12.8 Å². The molecule has 3 aromatic rings. The number of thiazole rings is 1. The molecule has 1 atom stereocenters. The van der Waals surface area contributed by atoms with E-state index in [0.717, 1.165) is 9.88 Å². The molecule has 3 heterocycles. The lowest BCUT2D eigenvalue weighted by molar-refractivity contribution is 0.420. The Bertz CT molecular complexity index is 745. The molecule has 1 aliphatic rings. The van der Waals surface area contributed by atoms with E-state index >= 15 is 0 Å². The van der Waals surface area contributed by atoms with Crippen LogP contribution in [0.15, 0.2) is 28.1 Å². The highest BCUT2D eigenvalue weighted by molar-refractivity contribution is 7.13. The lowest BCUT2D eigenvalue weighted by Crippen LogP contribution is -2.22. The molecule has 7 heteroatoms. The molecule has 114 valence electrons. The summed E-state index contributed by atoms with van der Waals surface area (Å²) in [4.78, 5) is 6.78. The van der Waals surface area contributed by atoms with E-state index in [0.29, 0.717) is 30.3 Å². The summed E-state index contributed by atoms with van der Waals surface area (Å²) >= 11 is 3.37. The van der Waals surface area contributed by atoms with Crippen molar-refractivity contribution in [2.24, 2.45) is 5.92 Å². The first-order chi connectivity index (χ1) is 10.8. The maximum atomic E-state index is 5.73. The number of nitrogens with zero attached hydrogens (tertiary/aromatic N) is 3. The first-order valence-corrected chi connectivity index (χ1v) is 9.01. The van der Waals surface area contributed by atoms with Gasteiger partial charge in [0.2, 0.25) is 5.89 Å². The van der Waals surface area contributed by atoms with E-state index in [1.807, 2.05) is 23.7 Å². The van der Waals surface area contributed by atoms with Crippen molar-refractivity contribution in [1.82, 2.24) is 20.5 Å². The maximum absolute atomic E-state index is 5.73. The van der Waals surface area contributed by atoms with Gasteiger partial charge in [-0.3, -0.25) is 5.32 Å². The molecule has 0 radical (unpaired) electrons. The Balaban J connectivity index is 1.44. The molecular weight excluding hydrogens is 316 g/mol. The van der Waals surface area contributed by atoms with Gasteiger partial charge in [0.1, 0.15) is 5.01 Å². The van der Waals surface area contributed by atoms with Crippen LogP contribution in [0.5, 0.6) is 0 Å². The molecule has 1 fully saturated rings. The van der Waals surface area contributed by atoms with Crippen LogP contribution < -0.4 is 5.32 Å². The molecule has 0 saturated heterocycles. The van der Waals surface area contributed by atoms with Gasteiger partial charge in [-0.05, 0) is 37.1 Å². The van der Waals surface area contributed by atoms with E-state index in [2.05, 4.69) is 27.4 Å². The van der Waals surface area contributed by atoms with Crippen molar-refractivity contribution in [2.75, 3.05) is 0 Å². The highest BCUT2D eigenvalue weighted by Gasteiger charge is 2.34. The number of nitrogens with one attached hydrogen (secondary N) is 1. The fourth-order valence-electron chi connectivity index (χ4n) is 2.42. The normalized spacial score (nSPS) is 16.0. The molecular formula is C15H16N4OS2. The van der Waals surface area contributed by atoms with Crippen LogP contribution in [-0.2, 0) is 6.54 Å².